The fourth-order valence-corrected chi connectivity index (χ4v) is 3.78. The van der Waals surface area contributed by atoms with Gasteiger partial charge in [-0.25, -0.2) is 0 Å². The molecule has 6 heteroatoms. The molecule has 0 aromatic heterocycles. The Morgan fingerprint density at radius 2 is 2.00 bits per heavy atom. The van der Waals surface area contributed by atoms with Crippen molar-refractivity contribution in [3.63, 3.8) is 0 Å². The normalized spacial score (nSPS) is 14.2. The minimum Gasteiger partial charge on any atom is -0.325 e. The Balaban J connectivity index is 1.61. The quantitative estimate of drug-likeness (QED) is 0.789. The molecule has 1 N–H and O–H groups in total. The van der Waals surface area contributed by atoms with Crippen molar-refractivity contribution in [2.75, 3.05) is 30.4 Å². The van der Waals surface area contributed by atoms with E-state index in [1.807, 2.05) is 55.1 Å². The molecule has 1 heterocycles. The summed E-state index contributed by atoms with van der Waals surface area (Å²) in [5, 5.41) is 2.92. The second kappa shape index (κ2) is 8.23. The largest absolute Gasteiger partial charge is 0.325 e. The third kappa shape index (κ3) is 4.39. The Morgan fingerprint density at radius 1 is 1.26 bits per heavy atom. The summed E-state index contributed by atoms with van der Waals surface area (Å²) < 4.78 is 0.972. The number of fused-ring (bicyclic) bond motifs is 1. The van der Waals surface area contributed by atoms with Gasteiger partial charge in [-0.15, -0.1) is 0 Å². The van der Waals surface area contributed by atoms with Gasteiger partial charge in [0.1, 0.15) is 0 Å². The molecule has 27 heavy (non-hydrogen) atoms. The zero-order chi connectivity index (χ0) is 19.6. The fourth-order valence-electron chi connectivity index (χ4n) is 3.30. The van der Waals surface area contributed by atoms with Crippen LogP contribution in [0.5, 0.6) is 0 Å². The van der Waals surface area contributed by atoms with Gasteiger partial charge in [0, 0.05) is 22.4 Å². The average molecular weight is 430 g/mol. The molecule has 2 aromatic carbocycles. The van der Waals surface area contributed by atoms with E-state index in [0.29, 0.717) is 6.54 Å². The first kappa shape index (κ1) is 19.6. The number of para-hydroxylation sites is 1. The monoisotopic (exact) mass is 429 g/mol. The second-order valence-corrected chi connectivity index (χ2v) is 7.88. The molecule has 3 rings (SSSR count). The molecule has 0 saturated carbocycles. The first-order valence-electron chi connectivity index (χ1n) is 9.02. The summed E-state index contributed by atoms with van der Waals surface area (Å²) >= 11 is 3.42. The first-order valence-corrected chi connectivity index (χ1v) is 9.81. The lowest BCUT2D eigenvalue weighted by atomic mass is 10.2. The van der Waals surface area contributed by atoms with Gasteiger partial charge in [0.25, 0.3) is 0 Å². The number of aryl methyl sites for hydroxylation is 1. The lowest BCUT2D eigenvalue weighted by Crippen LogP contribution is -2.47. The zero-order valence-corrected chi connectivity index (χ0v) is 17.4. The molecular formula is C21H24BrN3O2. The lowest BCUT2D eigenvalue weighted by molar-refractivity contribution is -0.124. The highest BCUT2D eigenvalue weighted by Crippen LogP contribution is 2.28. The number of hydrogen-bond donors (Lipinski definition) is 1. The van der Waals surface area contributed by atoms with E-state index < -0.39 is 0 Å². The molecule has 2 aromatic rings. The van der Waals surface area contributed by atoms with E-state index in [-0.39, 0.29) is 24.4 Å². The van der Waals surface area contributed by atoms with E-state index in [1.165, 1.54) is 5.56 Å². The van der Waals surface area contributed by atoms with Crippen LogP contribution in [0.25, 0.3) is 0 Å². The molecule has 1 aliphatic rings. The molecule has 0 spiro atoms. The molecule has 142 valence electrons. The maximum Gasteiger partial charge on any atom is 0.244 e. The van der Waals surface area contributed by atoms with Crippen molar-refractivity contribution >= 4 is 39.1 Å². The minimum absolute atomic E-state index is 0.0232. The predicted molar refractivity (Wildman–Crippen MR) is 112 cm³/mol. The van der Waals surface area contributed by atoms with Crippen LogP contribution >= 0.6 is 15.9 Å². The SMILES string of the molecule is Cc1cc(Br)ccc1NC(=O)CN(C)C(C)C(=O)N1CCc2ccccc21. The van der Waals surface area contributed by atoms with Crippen molar-refractivity contribution in [2.24, 2.45) is 0 Å². The summed E-state index contributed by atoms with van der Waals surface area (Å²) in [5.74, 6) is -0.112. The van der Waals surface area contributed by atoms with Gasteiger partial charge in [0.2, 0.25) is 11.8 Å². The Labute approximate surface area is 168 Å². The lowest BCUT2D eigenvalue weighted by Gasteiger charge is -2.28. The van der Waals surface area contributed by atoms with Gasteiger partial charge in [-0.1, -0.05) is 34.1 Å². The molecule has 2 amide bonds. The van der Waals surface area contributed by atoms with Crippen LogP contribution in [0.15, 0.2) is 46.9 Å². The Morgan fingerprint density at radius 3 is 2.74 bits per heavy atom. The Bertz CT molecular complexity index is 868. The minimum atomic E-state index is -0.382. The van der Waals surface area contributed by atoms with Crippen LogP contribution in [0.4, 0.5) is 11.4 Å². The Kier molecular flexibility index (Phi) is 5.97. The number of carbonyl (C=O) groups excluding carboxylic acids is 2. The van der Waals surface area contributed by atoms with Gasteiger partial charge in [0.05, 0.1) is 12.6 Å². The summed E-state index contributed by atoms with van der Waals surface area (Å²) in [7, 11) is 1.80. The highest BCUT2D eigenvalue weighted by atomic mass is 79.9. The summed E-state index contributed by atoms with van der Waals surface area (Å²) in [6.07, 6.45) is 0.877. The number of benzene rings is 2. The predicted octanol–water partition coefficient (Wildman–Crippen LogP) is 3.61. The Hall–Kier alpha value is -2.18. The van der Waals surface area contributed by atoms with Crippen molar-refractivity contribution in [3.05, 3.63) is 58.1 Å². The second-order valence-electron chi connectivity index (χ2n) is 6.97. The number of carbonyl (C=O) groups is 2. The van der Waals surface area contributed by atoms with E-state index in [0.717, 1.165) is 27.8 Å². The maximum atomic E-state index is 12.9. The van der Waals surface area contributed by atoms with Gasteiger partial charge >= 0.3 is 0 Å². The number of likely N-dealkylation sites (N-methyl/N-ethyl adjacent to an activating group) is 1. The summed E-state index contributed by atoms with van der Waals surface area (Å²) in [4.78, 5) is 29.0. The van der Waals surface area contributed by atoms with E-state index in [1.54, 1.807) is 11.9 Å². The summed E-state index contributed by atoms with van der Waals surface area (Å²) in [6.45, 7) is 4.64. The molecule has 0 bridgehead atoms. The van der Waals surface area contributed by atoms with E-state index in [2.05, 4.69) is 27.3 Å². The molecular weight excluding hydrogens is 406 g/mol. The number of halogens is 1. The highest BCUT2D eigenvalue weighted by Gasteiger charge is 2.30. The van der Waals surface area contributed by atoms with Crippen molar-refractivity contribution in [1.29, 1.82) is 0 Å². The molecule has 5 nitrogen and oxygen atoms in total. The van der Waals surface area contributed by atoms with Crippen LogP contribution in [0.1, 0.15) is 18.1 Å². The number of anilines is 2. The van der Waals surface area contributed by atoms with Gasteiger partial charge in [-0.05, 0) is 62.7 Å². The van der Waals surface area contributed by atoms with Crippen molar-refractivity contribution < 1.29 is 9.59 Å². The van der Waals surface area contributed by atoms with E-state index in [4.69, 9.17) is 0 Å². The van der Waals surface area contributed by atoms with Crippen LogP contribution in [-0.4, -0.2) is 42.9 Å². The van der Waals surface area contributed by atoms with Crippen LogP contribution in [0.2, 0.25) is 0 Å². The number of nitrogens with zero attached hydrogens (tertiary/aromatic N) is 2. The first-order chi connectivity index (χ1) is 12.9. The van der Waals surface area contributed by atoms with Crippen LogP contribution in [0.3, 0.4) is 0 Å². The highest BCUT2D eigenvalue weighted by molar-refractivity contribution is 9.10. The van der Waals surface area contributed by atoms with Gasteiger partial charge < -0.3 is 10.2 Å². The summed E-state index contributed by atoms with van der Waals surface area (Å²) in [6, 6.07) is 13.3. The van der Waals surface area contributed by atoms with E-state index in [9.17, 15) is 9.59 Å². The average Bonchev–Trinajstić information content (AvgIpc) is 3.07. The van der Waals surface area contributed by atoms with Gasteiger partial charge in [-0.2, -0.15) is 0 Å². The topological polar surface area (TPSA) is 52.7 Å². The maximum absolute atomic E-state index is 12.9. The van der Waals surface area contributed by atoms with Crippen LogP contribution in [-0.2, 0) is 16.0 Å². The van der Waals surface area contributed by atoms with Gasteiger partial charge in [0.15, 0.2) is 0 Å². The third-order valence-corrected chi connectivity index (χ3v) is 5.52. The smallest absolute Gasteiger partial charge is 0.244 e. The fraction of sp³-hybridized carbons (Fsp3) is 0.333. The number of hydrogen-bond acceptors (Lipinski definition) is 3. The molecule has 0 saturated heterocycles. The van der Waals surface area contributed by atoms with Crippen LogP contribution < -0.4 is 10.2 Å². The molecule has 0 radical (unpaired) electrons. The molecule has 1 aliphatic heterocycles. The number of rotatable bonds is 5. The molecule has 0 aliphatic carbocycles. The van der Waals surface area contributed by atoms with Crippen molar-refractivity contribution in [2.45, 2.75) is 26.3 Å². The number of nitrogens with one attached hydrogen (secondary N) is 1. The van der Waals surface area contributed by atoms with Crippen molar-refractivity contribution in [3.8, 4) is 0 Å². The molecule has 0 fully saturated rings. The standard InChI is InChI=1S/C21H24BrN3O2/c1-14-12-17(22)8-9-18(14)23-20(26)13-24(3)15(2)21(27)25-11-10-16-6-4-5-7-19(16)25/h4-9,12,15H,10-11,13H2,1-3H3,(H,23,26). The third-order valence-electron chi connectivity index (χ3n) is 5.03. The van der Waals surface area contributed by atoms with E-state index >= 15 is 0 Å². The molecule has 1 atom stereocenters. The zero-order valence-electron chi connectivity index (χ0n) is 15.8. The van der Waals surface area contributed by atoms with Crippen molar-refractivity contribution in [1.82, 2.24) is 4.90 Å². The molecule has 1 unspecified atom stereocenters. The van der Waals surface area contributed by atoms with Gasteiger partial charge in [-0.3, -0.25) is 14.5 Å². The van der Waals surface area contributed by atoms with Crippen LogP contribution in [0, 0.1) is 6.92 Å². The summed E-state index contributed by atoms with van der Waals surface area (Å²) in [5.41, 5.74) is 3.95. The number of amides is 2.